The van der Waals surface area contributed by atoms with E-state index >= 15 is 0 Å². The molecule has 0 saturated carbocycles. The molecule has 0 aromatic heterocycles. The fourth-order valence-corrected chi connectivity index (χ4v) is 5.90. The van der Waals surface area contributed by atoms with Gasteiger partial charge in [0.15, 0.2) is 0 Å². The van der Waals surface area contributed by atoms with Crippen LogP contribution in [0.4, 0.5) is 0 Å². The van der Waals surface area contributed by atoms with Crippen LogP contribution in [0.2, 0.25) is 0 Å². The average Bonchev–Trinajstić information content (AvgIpc) is 3.18. The number of nitrogens with zero attached hydrogens (tertiary/aromatic N) is 1. The fraction of sp³-hybridized carbons (Fsp3) is 0.304. The first-order valence-electron chi connectivity index (χ1n) is 18.4. The Morgan fingerprint density at radius 2 is 0.980 bits per heavy atom. The molecule has 1 unspecified atom stereocenters. The molecular formula is C46H49NO4. The summed E-state index contributed by atoms with van der Waals surface area (Å²) in [6.45, 7) is 5.90. The first-order valence-corrected chi connectivity index (χ1v) is 18.4. The Kier molecular flexibility index (Phi) is 14.3. The lowest BCUT2D eigenvalue weighted by molar-refractivity contribution is 0.0734. The van der Waals surface area contributed by atoms with Crippen LogP contribution in [0.1, 0.15) is 86.7 Å². The van der Waals surface area contributed by atoms with Crippen LogP contribution in [-0.2, 0) is 6.42 Å². The number of hydrogen-bond acceptors (Lipinski definition) is 5. The summed E-state index contributed by atoms with van der Waals surface area (Å²) in [7, 11) is 0. The van der Waals surface area contributed by atoms with Crippen molar-refractivity contribution in [1.29, 1.82) is 5.26 Å². The van der Waals surface area contributed by atoms with Crippen LogP contribution in [0, 0.1) is 17.2 Å². The van der Waals surface area contributed by atoms with Crippen LogP contribution in [0.15, 0.2) is 121 Å². The lowest BCUT2D eigenvalue weighted by Crippen LogP contribution is -2.08. The van der Waals surface area contributed by atoms with Crippen LogP contribution >= 0.6 is 0 Å². The second-order valence-electron chi connectivity index (χ2n) is 13.2. The lowest BCUT2D eigenvalue weighted by Gasteiger charge is -2.10. The molecule has 5 nitrogen and oxygen atoms in total. The van der Waals surface area contributed by atoms with Gasteiger partial charge in [-0.25, -0.2) is 4.79 Å². The van der Waals surface area contributed by atoms with E-state index < -0.39 is 0 Å². The molecule has 5 heteroatoms. The zero-order valence-electron chi connectivity index (χ0n) is 30.0. The summed E-state index contributed by atoms with van der Waals surface area (Å²) >= 11 is 0. The maximum Gasteiger partial charge on any atom is 0.343 e. The highest BCUT2D eigenvalue weighted by Crippen LogP contribution is 2.26. The number of unbranched alkanes of at least 4 members (excludes halogenated alkanes) is 6. The zero-order valence-corrected chi connectivity index (χ0v) is 30.0. The average molecular weight is 680 g/mol. The van der Waals surface area contributed by atoms with E-state index in [1.54, 1.807) is 12.1 Å². The highest BCUT2D eigenvalue weighted by Gasteiger charge is 2.10. The number of benzene rings is 5. The Bertz CT molecular complexity index is 1800. The normalized spacial score (nSPS) is 11.4. The van der Waals surface area contributed by atoms with Gasteiger partial charge < -0.3 is 14.2 Å². The van der Waals surface area contributed by atoms with Crippen molar-refractivity contribution < 1.29 is 19.0 Å². The summed E-state index contributed by atoms with van der Waals surface area (Å²) in [6.07, 6.45) is 10.2. The van der Waals surface area contributed by atoms with Crippen LogP contribution in [0.25, 0.3) is 22.3 Å². The number of nitriles is 1. The topological polar surface area (TPSA) is 68.6 Å². The molecule has 5 rings (SSSR count). The molecular weight excluding hydrogens is 631 g/mol. The largest absolute Gasteiger partial charge is 0.494 e. The maximum atomic E-state index is 12.7. The Labute approximate surface area is 303 Å². The van der Waals surface area contributed by atoms with Gasteiger partial charge in [0.25, 0.3) is 0 Å². The van der Waals surface area contributed by atoms with Gasteiger partial charge in [-0.05, 0) is 114 Å². The van der Waals surface area contributed by atoms with Gasteiger partial charge in [-0.1, -0.05) is 113 Å². The fourth-order valence-electron chi connectivity index (χ4n) is 5.90. The van der Waals surface area contributed by atoms with Gasteiger partial charge in [0, 0.05) is 0 Å². The summed E-state index contributed by atoms with van der Waals surface area (Å²) in [5, 5.41) is 8.97. The number of ether oxygens (including phenoxy) is 3. The molecule has 1 atom stereocenters. The summed E-state index contributed by atoms with van der Waals surface area (Å²) in [4.78, 5) is 12.7. The van der Waals surface area contributed by atoms with E-state index in [4.69, 9.17) is 19.5 Å². The van der Waals surface area contributed by atoms with E-state index in [1.165, 1.54) is 31.2 Å². The molecule has 0 saturated heterocycles. The summed E-state index contributed by atoms with van der Waals surface area (Å²) < 4.78 is 17.5. The third-order valence-electron chi connectivity index (χ3n) is 9.25. The van der Waals surface area contributed by atoms with Crippen LogP contribution in [0.5, 0.6) is 17.2 Å². The second kappa shape index (κ2) is 19.7. The van der Waals surface area contributed by atoms with Crippen molar-refractivity contribution in [2.24, 2.45) is 5.92 Å². The van der Waals surface area contributed by atoms with Crippen molar-refractivity contribution in [3.8, 4) is 45.6 Å². The van der Waals surface area contributed by atoms with Gasteiger partial charge in [-0.2, -0.15) is 5.26 Å². The molecule has 0 aliphatic heterocycles. The number of esters is 1. The maximum absolute atomic E-state index is 12.7. The van der Waals surface area contributed by atoms with Gasteiger partial charge >= 0.3 is 5.97 Å². The van der Waals surface area contributed by atoms with Crippen molar-refractivity contribution >= 4 is 5.97 Å². The predicted molar refractivity (Wildman–Crippen MR) is 206 cm³/mol. The van der Waals surface area contributed by atoms with E-state index in [0.717, 1.165) is 72.5 Å². The SMILES string of the molecule is CCC(C)Cc1ccc(-c2ccc(OC(=O)c3ccc(OCCCCCCCCCOc4ccc(-c5ccc(C#N)cc5)cc4)cc3)cc2)cc1. The second-order valence-corrected chi connectivity index (χ2v) is 13.2. The van der Waals surface area contributed by atoms with Gasteiger partial charge in [0.05, 0.1) is 30.4 Å². The summed E-state index contributed by atoms with van der Waals surface area (Å²) in [6, 6.07) is 41.4. The first kappa shape index (κ1) is 36.9. The Hall–Kier alpha value is -5.34. The minimum absolute atomic E-state index is 0.384. The Morgan fingerprint density at radius 1 is 0.569 bits per heavy atom. The predicted octanol–water partition coefficient (Wildman–Crippen LogP) is 11.9. The molecule has 0 fully saturated rings. The van der Waals surface area contributed by atoms with E-state index in [9.17, 15) is 4.79 Å². The molecule has 5 aromatic carbocycles. The monoisotopic (exact) mass is 679 g/mol. The molecule has 51 heavy (non-hydrogen) atoms. The standard InChI is InChI=1S/C46H49NO4/c1-3-35(2)33-36-11-15-38(16-12-36)41-21-29-45(30-22-41)51-46(48)42-23-27-44(28-24-42)50-32-10-8-6-4-5-7-9-31-49-43-25-19-40(20-26-43)39-17-13-37(34-47)14-18-39/h11-30,35H,3-10,31-33H2,1-2H3. The lowest BCUT2D eigenvalue weighted by atomic mass is 9.97. The molecule has 0 aliphatic rings. The minimum atomic E-state index is -0.384. The third-order valence-corrected chi connectivity index (χ3v) is 9.25. The smallest absolute Gasteiger partial charge is 0.343 e. The quantitative estimate of drug-likeness (QED) is 0.0493. The summed E-state index contributed by atoms with van der Waals surface area (Å²) in [5.41, 5.74) is 6.96. The highest BCUT2D eigenvalue weighted by molar-refractivity contribution is 5.91. The van der Waals surface area contributed by atoms with Gasteiger partial charge in [-0.15, -0.1) is 0 Å². The van der Waals surface area contributed by atoms with Gasteiger partial charge in [-0.3, -0.25) is 0 Å². The van der Waals surface area contributed by atoms with E-state index in [1.807, 2.05) is 72.8 Å². The van der Waals surface area contributed by atoms with Crippen molar-refractivity contribution in [3.63, 3.8) is 0 Å². The third kappa shape index (κ3) is 11.9. The van der Waals surface area contributed by atoms with Crippen molar-refractivity contribution in [2.45, 2.75) is 71.6 Å². The summed E-state index contributed by atoms with van der Waals surface area (Å²) in [5.74, 6) is 2.47. The van der Waals surface area contributed by atoms with E-state index in [2.05, 4.69) is 56.3 Å². The molecule has 0 amide bonds. The number of carbonyl (C=O) groups excluding carboxylic acids is 1. The number of hydrogen-bond donors (Lipinski definition) is 0. The molecule has 0 aliphatic carbocycles. The van der Waals surface area contributed by atoms with Crippen molar-refractivity contribution in [2.75, 3.05) is 13.2 Å². The molecule has 0 spiro atoms. The minimum Gasteiger partial charge on any atom is -0.494 e. The van der Waals surface area contributed by atoms with E-state index in [0.29, 0.717) is 29.4 Å². The van der Waals surface area contributed by atoms with Gasteiger partial charge in [0.2, 0.25) is 0 Å². The molecule has 0 N–H and O–H groups in total. The zero-order chi connectivity index (χ0) is 35.7. The molecule has 5 aromatic rings. The van der Waals surface area contributed by atoms with Gasteiger partial charge in [0.1, 0.15) is 17.2 Å². The number of carbonyl (C=O) groups is 1. The first-order chi connectivity index (χ1) is 25.0. The molecule has 0 bridgehead atoms. The van der Waals surface area contributed by atoms with E-state index in [-0.39, 0.29) is 5.97 Å². The Balaban J connectivity index is 0.900. The van der Waals surface area contributed by atoms with Crippen LogP contribution < -0.4 is 14.2 Å². The Morgan fingerprint density at radius 3 is 1.45 bits per heavy atom. The molecule has 0 radical (unpaired) electrons. The van der Waals surface area contributed by atoms with Crippen LogP contribution in [0.3, 0.4) is 0 Å². The van der Waals surface area contributed by atoms with Crippen molar-refractivity contribution in [1.82, 2.24) is 0 Å². The molecule has 262 valence electrons. The van der Waals surface area contributed by atoms with Crippen LogP contribution in [-0.4, -0.2) is 19.2 Å². The highest BCUT2D eigenvalue weighted by atomic mass is 16.5. The number of rotatable bonds is 19. The van der Waals surface area contributed by atoms with Crippen molar-refractivity contribution in [3.05, 3.63) is 138 Å². The molecule has 0 heterocycles.